The number of anilines is 4. The zero-order valence-electron chi connectivity index (χ0n) is 78.0. The molecular formula is C97H131N19O17. The number of methoxy groups -OCH3 is 3. The van der Waals surface area contributed by atoms with Crippen LogP contribution in [0.25, 0.3) is 33.4 Å². The number of hydrogen-bond donors (Lipinski definition) is 6. The number of Topliss-reactive ketones (excluding diaryl/α,β-unsaturated/α-hetero) is 2. The molecule has 0 spiro atoms. The van der Waals surface area contributed by atoms with Crippen molar-refractivity contribution in [1.29, 1.82) is 0 Å². The van der Waals surface area contributed by atoms with E-state index in [1.165, 1.54) is 23.9 Å². The van der Waals surface area contributed by atoms with Gasteiger partial charge in [0.15, 0.2) is 17.0 Å². The number of hydrogen-bond acceptors (Lipinski definition) is 32. The largest absolute Gasteiger partial charge is 0.459 e. The van der Waals surface area contributed by atoms with Gasteiger partial charge in [-0.1, -0.05) is 82.4 Å². The molecule has 5 aromatic heterocycles. The molecule has 36 nitrogen and oxygen atoms in total. The predicted octanol–water partition coefficient (Wildman–Crippen LogP) is 7.77. The van der Waals surface area contributed by atoms with Crippen molar-refractivity contribution >= 4 is 81.3 Å². The van der Waals surface area contributed by atoms with Crippen molar-refractivity contribution < 1.29 is 81.7 Å². The quantitative estimate of drug-likeness (QED) is 0.0195. The SMILES string of the molecule is CO[C@H]1C[C@@H]2CC[C@@H](C)[C@@](O)(O2)C(=O)C(=O)N2CCCC[C@H]2C(=O)O[C@H]([C@H](N)C[C@@H]2CC[C@@H](OC(=O)N3CCc4nc(N5CCN(CCOCCN6CCN(c7ncc(C(=O)N8CCc9cc(Cn%10nc(-c%11ccc%12oc(N)nc%12c%11)c%11c(N)ncnc%11%10)ccc9C8)cn7)CC6)CC5)ncc4C3)[C@H](OC)C2)C[C@@H](OC)[C@H](C)/C=C(\C)[C@@H](O)[C@@H](O)C(=O)[C@H](C)C[C@H](C)/C=C/C=CC=C1C. The van der Waals surface area contributed by atoms with Crippen molar-refractivity contribution in [2.75, 3.05) is 141 Å². The van der Waals surface area contributed by atoms with Gasteiger partial charge < -0.3 is 94.6 Å². The zero-order chi connectivity index (χ0) is 93.9. The van der Waals surface area contributed by atoms with Crippen LogP contribution in [0.4, 0.5) is 28.5 Å². The standard InChI is InChI=1S/C97H131N19O17/c1-58-15-11-10-12-16-59(2)78(126-7)49-71-23-18-63(6)97(125,133-71)87(120)91(122)115-28-14-13-17-75(115)92(123)130-80(50-79(127-8)60(3)44-62(5)85(118)86(119)84(117)61(4)43-58)72(98)46-64-20-24-77(81(47-64)128-9)132-96(124)114-30-27-73-70(56-114)53-103-95(107-73)112-37-33-110(34-38-112)40-42-129-41-39-109-31-35-111(36-32-109)94-101-51-69(52-102-94)90(121)113-29-26-66-45-65(19-21-68(66)55-113)54-116-89-82(88(99)104-57-105-89)83(108-116)67-22-25-76-74(48-67)106-93(100)131-76/h10-12,15-16,19,21-22,25,44-45,48,51-53,57-58,60-61,63-64,71-72,75,77-81,85-86,118-119,125H,13-14,17-18,20,23-24,26-43,46-47,49-50,54-56,98H2,1-9H3,(H2,100,106)(H2,99,104,105)/b12-10?,15-11+,59-16?,62-44+/t58-,60-,61-,63-,64+,71+,72-,75+,77-,78+,79-,80+,81-,85-,86+,97-/m1/s1. The number of esters is 1. The summed E-state index contributed by atoms with van der Waals surface area (Å²) in [5.74, 6) is -6.48. The molecule has 9 N–H and O–H groups in total. The van der Waals surface area contributed by atoms with Crippen LogP contribution in [0.2, 0.25) is 0 Å². The first kappa shape index (κ1) is 96.9. The summed E-state index contributed by atoms with van der Waals surface area (Å²) in [7, 11) is 4.67. The number of ether oxygens (including phenoxy) is 7. The van der Waals surface area contributed by atoms with E-state index in [-0.39, 0.29) is 56.1 Å². The fourth-order valence-electron chi connectivity index (χ4n) is 20.1. The molecule has 2 bridgehead atoms. The molecule has 1 saturated carbocycles. The lowest BCUT2D eigenvalue weighted by molar-refractivity contribution is -0.265. The maximum absolute atomic E-state index is 15.0. The van der Waals surface area contributed by atoms with Crippen LogP contribution in [0.1, 0.15) is 157 Å². The Morgan fingerprint density at radius 1 is 0.677 bits per heavy atom. The van der Waals surface area contributed by atoms with E-state index in [9.17, 15) is 44.1 Å². The van der Waals surface area contributed by atoms with Crippen molar-refractivity contribution in [3.05, 3.63) is 142 Å². The Morgan fingerprint density at radius 2 is 1.40 bits per heavy atom. The molecule has 15 rings (SSSR count). The molecular weight excluding hydrogens is 1700 g/mol. The maximum Gasteiger partial charge on any atom is 0.410 e. The Morgan fingerprint density at radius 3 is 2.14 bits per heavy atom. The highest BCUT2D eigenvalue weighted by Crippen LogP contribution is 2.40. The average Bonchev–Trinajstić information content (AvgIpc) is 1.72. The number of piperidine rings is 1. The second kappa shape index (κ2) is 43.8. The third kappa shape index (κ3) is 23.0. The molecule has 2 aromatic carbocycles. The van der Waals surface area contributed by atoms with Crippen molar-refractivity contribution in [2.45, 2.75) is 218 Å². The highest BCUT2D eigenvalue weighted by atomic mass is 16.6. The second-order valence-electron chi connectivity index (χ2n) is 37.5. The first-order chi connectivity index (χ1) is 64.1. The number of piperazine rings is 2. The number of aliphatic hydroxyl groups excluding tert-OH is 2. The summed E-state index contributed by atoms with van der Waals surface area (Å²) in [5.41, 5.74) is 29.4. The van der Waals surface area contributed by atoms with E-state index in [2.05, 4.69) is 62.7 Å². The van der Waals surface area contributed by atoms with Gasteiger partial charge in [0.2, 0.25) is 17.7 Å². The van der Waals surface area contributed by atoms with Crippen LogP contribution in [0.15, 0.2) is 113 Å². The van der Waals surface area contributed by atoms with Gasteiger partial charge in [-0.05, 0) is 142 Å². The van der Waals surface area contributed by atoms with Crippen LogP contribution in [0.5, 0.6) is 0 Å². The number of benzene rings is 2. The molecule has 4 saturated heterocycles. The van der Waals surface area contributed by atoms with E-state index >= 15 is 0 Å². The summed E-state index contributed by atoms with van der Waals surface area (Å²) in [6, 6.07) is 9.92. The molecule has 3 amide bonds. The molecule has 7 aliphatic heterocycles. The number of ketones is 2. The highest BCUT2D eigenvalue weighted by molar-refractivity contribution is 6.39. The van der Waals surface area contributed by atoms with Gasteiger partial charge in [0.25, 0.3) is 23.6 Å². The van der Waals surface area contributed by atoms with Gasteiger partial charge in [0.05, 0.1) is 67.4 Å². The summed E-state index contributed by atoms with van der Waals surface area (Å²) in [4.78, 5) is 132. The normalized spacial score (nSPS) is 28.4. The third-order valence-electron chi connectivity index (χ3n) is 28.3. The van der Waals surface area contributed by atoms with E-state index in [4.69, 9.17) is 69.8 Å². The fraction of sp³-hybridized carbons (Fsp3) is 0.588. The summed E-state index contributed by atoms with van der Waals surface area (Å²) >= 11 is 0. The lowest BCUT2D eigenvalue weighted by atomic mass is 9.80. The van der Waals surface area contributed by atoms with E-state index < -0.39 is 114 Å². The maximum atomic E-state index is 15.0. The minimum absolute atomic E-state index is 0.0415. The van der Waals surface area contributed by atoms with Gasteiger partial charge in [-0.2, -0.15) is 10.1 Å². The number of aromatic nitrogens is 9. The van der Waals surface area contributed by atoms with Gasteiger partial charge in [0.1, 0.15) is 53.8 Å². The first-order valence-electron chi connectivity index (χ1n) is 47.2. The van der Waals surface area contributed by atoms with Crippen molar-refractivity contribution in [1.82, 2.24) is 69.2 Å². The summed E-state index contributed by atoms with van der Waals surface area (Å²) < 4.78 is 50.7. The Labute approximate surface area is 776 Å². The zero-order valence-corrected chi connectivity index (χ0v) is 78.0. The highest BCUT2D eigenvalue weighted by Gasteiger charge is 2.54. The fourth-order valence-corrected chi connectivity index (χ4v) is 20.1. The number of fused-ring (bicyclic) bond motifs is 7. The van der Waals surface area contributed by atoms with Gasteiger partial charge in [0, 0.05) is 186 Å². The minimum atomic E-state index is -2.49. The Bertz CT molecular complexity index is 5380. The van der Waals surface area contributed by atoms with E-state index in [0.29, 0.717) is 167 Å². The number of allylic oxidation sites excluding steroid dienone is 5. The first-order valence-corrected chi connectivity index (χ1v) is 47.2. The van der Waals surface area contributed by atoms with Gasteiger partial charge in [-0.15, -0.1) is 0 Å². The van der Waals surface area contributed by atoms with Crippen LogP contribution in [0.3, 0.4) is 0 Å². The van der Waals surface area contributed by atoms with Gasteiger partial charge >= 0.3 is 12.1 Å². The molecule has 0 unspecified atom stereocenters. The number of nitrogen functional groups attached to an aromatic ring is 2. The number of carbonyl (C=O) groups is 6. The topological polar surface area (TPSA) is 450 Å². The second-order valence-corrected chi connectivity index (χ2v) is 37.5. The van der Waals surface area contributed by atoms with Crippen molar-refractivity contribution in [2.24, 2.45) is 35.3 Å². The van der Waals surface area contributed by atoms with E-state index in [1.54, 1.807) is 64.4 Å². The van der Waals surface area contributed by atoms with Crippen LogP contribution >= 0.6 is 0 Å². The van der Waals surface area contributed by atoms with Gasteiger partial charge in [-0.25, -0.2) is 44.2 Å². The molecule has 36 heteroatoms. The van der Waals surface area contributed by atoms with Crippen molar-refractivity contribution in [3.8, 4) is 11.3 Å². The predicted molar refractivity (Wildman–Crippen MR) is 497 cm³/mol. The van der Waals surface area contributed by atoms with E-state index in [0.717, 1.165) is 99.0 Å². The third-order valence-corrected chi connectivity index (χ3v) is 28.3. The molecule has 8 aliphatic rings. The number of cyclic esters (lactones) is 1. The number of oxazole rings is 1. The molecule has 133 heavy (non-hydrogen) atoms. The molecule has 716 valence electrons. The van der Waals surface area contributed by atoms with Crippen LogP contribution in [0, 0.1) is 29.6 Å². The summed E-state index contributed by atoms with van der Waals surface area (Å²) in [6.45, 7) is 22.2. The molecule has 12 heterocycles. The molecule has 16 atom stereocenters. The number of rotatable bonds is 19. The Balaban J connectivity index is 0.487. The van der Waals surface area contributed by atoms with E-state index in [1.807, 2.05) is 79.1 Å². The monoisotopic (exact) mass is 1830 g/mol. The number of nitrogens with zero attached hydrogens (tertiary/aromatic N) is 16. The average molecular weight is 1840 g/mol. The minimum Gasteiger partial charge on any atom is -0.459 e. The summed E-state index contributed by atoms with van der Waals surface area (Å²) in [6.07, 6.45) is 16.0. The van der Waals surface area contributed by atoms with Crippen LogP contribution < -0.4 is 27.0 Å². The lowest BCUT2D eigenvalue weighted by Crippen LogP contribution is -2.61. The molecule has 5 fully saturated rings. The smallest absolute Gasteiger partial charge is 0.410 e. The number of aliphatic hydroxyl groups is 3. The lowest BCUT2D eigenvalue weighted by Gasteiger charge is -2.43. The van der Waals surface area contributed by atoms with Crippen molar-refractivity contribution in [3.63, 3.8) is 0 Å². The van der Waals surface area contributed by atoms with Crippen LogP contribution in [-0.2, 0) is 84.8 Å². The molecule has 0 radical (unpaired) electrons. The number of amides is 3. The van der Waals surface area contributed by atoms with Gasteiger partial charge in [-0.3, -0.25) is 29.0 Å². The molecule has 1 aliphatic carbocycles. The van der Waals surface area contributed by atoms with Crippen LogP contribution in [-0.4, -0.2) is 306 Å². The molecule has 7 aromatic rings. The summed E-state index contributed by atoms with van der Waals surface area (Å²) in [5, 5.41) is 40.7. The number of carbonyl (C=O) groups excluding carboxylic acids is 6. The Kier molecular flexibility index (Phi) is 31.9. The Hall–Kier alpha value is -10.6. The number of nitrogens with two attached hydrogens (primary N) is 3.